The van der Waals surface area contributed by atoms with E-state index >= 15 is 0 Å². The van der Waals surface area contributed by atoms with Gasteiger partial charge >= 0.3 is 12.1 Å². The predicted molar refractivity (Wildman–Crippen MR) is 115 cm³/mol. The third-order valence-electron chi connectivity index (χ3n) is 6.10. The summed E-state index contributed by atoms with van der Waals surface area (Å²) in [6.07, 6.45) is -5.03. The van der Waals surface area contributed by atoms with Crippen molar-refractivity contribution in [2.24, 2.45) is 5.41 Å². The molecule has 3 aromatic rings. The highest BCUT2D eigenvalue weighted by atomic mass is 35.5. The summed E-state index contributed by atoms with van der Waals surface area (Å²) >= 11 is 5.96. The lowest BCUT2D eigenvalue weighted by Crippen LogP contribution is -2.41. The van der Waals surface area contributed by atoms with Crippen molar-refractivity contribution >= 4 is 40.0 Å². The molecule has 2 atom stereocenters. The number of hydrogen-bond donors (Lipinski definition) is 2. The van der Waals surface area contributed by atoms with E-state index in [4.69, 9.17) is 11.6 Å². The number of carboxylic acid groups (broad SMARTS) is 1. The highest BCUT2D eigenvalue weighted by Crippen LogP contribution is 2.41. The molecular formula is C23H17ClF4N2O4. The van der Waals surface area contributed by atoms with Crippen LogP contribution < -0.4 is 0 Å². The fourth-order valence-corrected chi connectivity index (χ4v) is 4.28. The normalized spacial score (nSPS) is 20.9. The second-order valence-corrected chi connectivity index (χ2v) is 8.63. The van der Waals surface area contributed by atoms with E-state index in [0.29, 0.717) is 10.7 Å². The van der Waals surface area contributed by atoms with Crippen LogP contribution >= 0.6 is 11.6 Å². The number of fused-ring (bicyclic) bond motifs is 1. The Bertz CT molecular complexity index is 1360. The van der Waals surface area contributed by atoms with Crippen LogP contribution in [0.25, 0.3) is 16.5 Å². The molecule has 0 amide bonds. The van der Waals surface area contributed by atoms with Crippen molar-refractivity contribution in [3.05, 3.63) is 70.1 Å². The Hall–Kier alpha value is -3.24. The second kappa shape index (κ2) is 8.21. The zero-order valence-electron chi connectivity index (χ0n) is 17.5. The maximum absolute atomic E-state index is 14.9. The lowest BCUT2D eigenvalue weighted by atomic mass is 9.74. The van der Waals surface area contributed by atoms with Gasteiger partial charge in [-0.25, -0.2) is 4.39 Å². The quantitative estimate of drug-likeness (QED) is 0.488. The molecule has 178 valence electrons. The summed E-state index contributed by atoms with van der Waals surface area (Å²) in [7, 11) is 0. The number of aliphatic hydroxyl groups excluding tert-OH is 1. The van der Waals surface area contributed by atoms with E-state index in [-0.39, 0.29) is 35.0 Å². The molecule has 0 saturated carbocycles. The Morgan fingerprint density at radius 1 is 1.21 bits per heavy atom. The minimum absolute atomic E-state index is 0.00514. The van der Waals surface area contributed by atoms with Gasteiger partial charge in [0.05, 0.1) is 44.3 Å². The highest BCUT2D eigenvalue weighted by Gasteiger charge is 2.43. The Balaban J connectivity index is 1.92. The molecular weight excluding hydrogens is 480 g/mol. The van der Waals surface area contributed by atoms with Gasteiger partial charge in [-0.1, -0.05) is 23.7 Å². The molecule has 0 radical (unpaired) electrons. The van der Waals surface area contributed by atoms with E-state index in [0.717, 1.165) is 18.2 Å². The summed E-state index contributed by atoms with van der Waals surface area (Å²) in [5.41, 5.74) is -3.49. The van der Waals surface area contributed by atoms with Gasteiger partial charge in [-0.2, -0.15) is 23.0 Å². The van der Waals surface area contributed by atoms with Gasteiger partial charge in [-0.15, -0.1) is 0 Å². The van der Waals surface area contributed by atoms with Crippen LogP contribution in [-0.2, 0) is 11.0 Å². The van der Waals surface area contributed by atoms with Crippen LogP contribution in [-0.4, -0.2) is 38.0 Å². The number of allylic oxidation sites excluding steroid dienone is 1. The summed E-state index contributed by atoms with van der Waals surface area (Å²) in [5, 5.41) is 23.4. The largest absolute Gasteiger partial charge is 0.481 e. The first-order valence-corrected chi connectivity index (χ1v) is 10.4. The highest BCUT2D eigenvalue weighted by molar-refractivity contribution is 6.34. The number of nitrogens with zero attached hydrogens (tertiary/aromatic N) is 2. The van der Waals surface area contributed by atoms with Crippen molar-refractivity contribution in [2.45, 2.75) is 32.0 Å². The van der Waals surface area contributed by atoms with Crippen LogP contribution in [0.15, 0.2) is 42.5 Å². The molecule has 1 aliphatic carbocycles. The van der Waals surface area contributed by atoms with Gasteiger partial charge in [0.1, 0.15) is 5.82 Å². The number of benzene rings is 2. The van der Waals surface area contributed by atoms with E-state index in [1.807, 2.05) is 0 Å². The molecule has 0 bridgehead atoms. The van der Waals surface area contributed by atoms with Crippen LogP contribution in [0.5, 0.6) is 0 Å². The summed E-state index contributed by atoms with van der Waals surface area (Å²) < 4.78 is 56.2. The lowest BCUT2D eigenvalue weighted by Gasteiger charge is -2.33. The van der Waals surface area contributed by atoms with Gasteiger partial charge in [0.25, 0.3) is 5.91 Å². The molecule has 1 aromatic heterocycles. The molecule has 1 heterocycles. The van der Waals surface area contributed by atoms with Crippen LogP contribution in [0.2, 0.25) is 5.02 Å². The van der Waals surface area contributed by atoms with E-state index in [1.54, 1.807) is 0 Å². The van der Waals surface area contributed by atoms with Crippen LogP contribution in [0.1, 0.15) is 41.4 Å². The Kier molecular flexibility index (Phi) is 5.77. The summed E-state index contributed by atoms with van der Waals surface area (Å²) in [4.78, 5) is 24.8. The number of carbonyl (C=O) groups is 2. The minimum Gasteiger partial charge on any atom is -0.481 e. The zero-order valence-corrected chi connectivity index (χ0v) is 18.3. The molecule has 11 heteroatoms. The fourth-order valence-electron chi connectivity index (χ4n) is 4.02. The molecule has 0 aliphatic heterocycles. The van der Waals surface area contributed by atoms with Crippen molar-refractivity contribution in [1.29, 1.82) is 0 Å². The summed E-state index contributed by atoms with van der Waals surface area (Å²) in [6, 6.07) is 6.58. The van der Waals surface area contributed by atoms with Gasteiger partial charge in [-0.3, -0.25) is 9.59 Å². The molecule has 6 nitrogen and oxygen atoms in total. The lowest BCUT2D eigenvalue weighted by molar-refractivity contribution is -0.153. The van der Waals surface area contributed by atoms with E-state index in [2.05, 4.69) is 5.10 Å². The van der Waals surface area contributed by atoms with Crippen LogP contribution in [0.3, 0.4) is 0 Å². The Morgan fingerprint density at radius 3 is 2.50 bits per heavy atom. The van der Waals surface area contributed by atoms with Crippen LogP contribution in [0.4, 0.5) is 17.6 Å². The van der Waals surface area contributed by atoms with Gasteiger partial charge < -0.3 is 10.2 Å². The third-order valence-corrected chi connectivity index (χ3v) is 6.42. The molecule has 2 unspecified atom stereocenters. The number of carboxylic acids is 1. The topological polar surface area (TPSA) is 92.4 Å². The number of aliphatic hydroxyl groups is 1. The maximum atomic E-state index is 14.9. The first-order chi connectivity index (χ1) is 15.9. The molecule has 0 saturated heterocycles. The molecule has 2 aromatic carbocycles. The Labute approximate surface area is 195 Å². The number of rotatable bonds is 3. The monoisotopic (exact) mass is 496 g/mol. The molecule has 1 aliphatic rings. The standard InChI is InChI=1S/C23H17ClF4N2O4/c1-22(21(33)34)9-8-11(10-16(22)31)19-18-14(25)6-3-7-15(18)30(29-19)20(32)17-12(23(26,27)28)4-2-5-13(17)24/h2-7,10,16,31H,8-9H2,1H3,(H,33,34). The molecule has 0 fully saturated rings. The van der Waals surface area contributed by atoms with Gasteiger partial charge in [0.2, 0.25) is 0 Å². The first-order valence-electron chi connectivity index (χ1n) is 10.1. The third kappa shape index (κ3) is 3.76. The van der Waals surface area contributed by atoms with E-state index in [9.17, 15) is 37.4 Å². The fraction of sp³-hybridized carbons (Fsp3) is 0.261. The van der Waals surface area contributed by atoms with E-state index in [1.165, 1.54) is 25.1 Å². The predicted octanol–water partition coefficient (Wildman–Crippen LogP) is 5.17. The van der Waals surface area contributed by atoms with Crippen molar-refractivity contribution < 1.29 is 37.4 Å². The SMILES string of the molecule is CC1(C(=O)O)CCC(c2nn(C(=O)c3c(Cl)cccc3C(F)(F)F)c3cccc(F)c23)=CC1O. The van der Waals surface area contributed by atoms with Gasteiger partial charge in [-0.05, 0) is 55.7 Å². The average molecular weight is 497 g/mol. The summed E-state index contributed by atoms with van der Waals surface area (Å²) in [5.74, 6) is -3.22. The smallest absolute Gasteiger partial charge is 0.417 e. The number of aliphatic carboxylic acids is 1. The van der Waals surface area contributed by atoms with Crippen molar-refractivity contribution in [2.75, 3.05) is 0 Å². The van der Waals surface area contributed by atoms with Crippen molar-refractivity contribution in [1.82, 2.24) is 9.78 Å². The van der Waals surface area contributed by atoms with Gasteiger partial charge in [0.15, 0.2) is 0 Å². The molecule has 34 heavy (non-hydrogen) atoms. The second-order valence-electron chi connectivity index (χ2n) is 8.22. The number of carbonyl (C=O) groups excluding carboxylic acids is 1. The minimum atomic E-state index is -4.88. The molecule has 4 rings (SSSR count). The summed E-state index contributed by atoms with van der Waals surface area (Å²) in [6.45, 7) is 1.37. The van der Waals surface area contributed by atoms with E-state index < -0.39 is 51.5 Å². The van der Waals surface area contributed by atoms with Gasteiger partial charge in [0, 0.05) is 0 Å². The number of aromatic nitrogens is 2. The molecule has 2 N–H and O–H groups in total. The van der Waals surface area contributed by atoms with Crippen molar-refractivity contribution in [3.8, 4) is 0 Å². The Morgan fingerprint density at radius 2 is 1.88 bits per heavy atom. The van der Waals surface area contributed by atoms with Crippen LogP contribution in [0, 0.1) is 11.2 Å². The first kappa shape index (κ1) is 23.9. The number of halogens is 5. The van der Waals surface area contributed by atoms with Crippen molar-refractivity contribution in [3.63, 3.8) is 0 Å². The zero-order chi connectivity index (χ0) is 25.0. The molecule has 0 spiro atoms. The number of hydrogen-bond acceptors (Lipinski definition) is 4. The maximum Gasteiger partial charge on any atom is 0.417 e. The number of alkyl halides is 3. The average Bonchev–Trinajstić information content (AvgIpc) is 3.15.